The molecule has 8 nitrogen and oxygen atoms in total. The summed E-state index contributed by atoms with van der Waals surface area (Å²) in [6.45, 7) is -0.840. The van der Waals surface area contributed by atoms with Gasteiger partial charge in [0, 0.05) is 7.11 Å². The molecule has 8 heteroatoms. The van der Waals surface area contributed by atoms with Gasteiger partial charge in [-0.15, -0.1) is 0 Å². The number of ether oxygens (including phenoxy) is 2. The maximum Gasteiger partial charge on any atom is 0.348 e. The van der Waals surface area contributed by atoms with Crippen LogP contribution < -0.4 is 4.74 Å². The molecule has 0 aliphatic carbocycles. The van der Waals surface area contributed by atoms with Crippen LogP contribution in [0.3, 0.4) is 0 Å². The number of rotatable bonds is 9. The van der Waals surface area contributed by atoms with E-state index in [2.05, 4.69) is 9.97 Å². The van der Waals surface area contributed by atoms with Crippen LogP contribution in [0.15, 0.2) is 66.7 Å². The Balaban J connectivity index is 2.18. The summed E-state index contributed by atoms with van der Waals surface area (Å²) in [5.74, 6) is -1.30. The molecule has 1 heterocycles. The maximum atomic E-state index is 12.4. The largest absolute Gasteiger partial charge is 0.478 e. The summed E-state index contributed by atoms with van der Waals surface area (Å²) in [6.07, 6.45) is -1.58. The van der Waals surface area contributed by atoms with Crippen molar-refractivity contribution < 1.29 is 29.6 Å². The van der Waals surface area contributed by atoms with Gasteiger partial charge < -0.3 is 24.8 Å². The fraction of sp³-hybridized carbons (Fsp3) is 0.227. The van der Waals surface area contributed by atoms with E-state index < -0.39 is 30.9 Å². The van der Waals surface area contributed by atoms with Crippen molar-refractivity contribution >= 4 is 5.97 Å². The number of methoxy groups -OCH3 is 1. The number of benzene rings is 2. The molecule has 0 aliphatic rings. The van der Waals surface area contributed by atoms with Crippen molar-refractivity contribution in [2.75, 3.05) is 7.11 Å². The van der Waals surface area contributed by atoms with Gasteiger partial charge in [0.15, 0.2) is 5.60 Å². The monoisotopic (exact) mass is 410 g/mol. The molecule has 0 amide bonds. The second-order valence-corrected chi connectivity index (χ2v) is 6.46. The number of carboxylic acid groups (broad SMARTS) is 1. The van der Waals surface area contributed by atoms with Gasteiger partial charge in [0.05, 0.1) is 24.6 Å². The third kappa shape index (κ3) is 4.16. The third-order valence-corrected chi connectivity index (χ3v) is 4.68. The van der Waals surface area contributed by atoms with Crippen molar-refractivity contribution in [1.82, 2.24) is 9.97 Å². The first-order valence-corrected chi connectivity index (χ1v) is 9.19. The standard InChI is InChI=1S/C22H22N2O6/c1-29-22(15-8-4-2-5-9-15,16-10-6-3-7-11-16)19(20(27)28)30-21-23-17(13-25)12-18(14-26)24-21/h2-12,19,25-26H,13-14H2,1H3,(H,27,28). The Hall–Kier alpha value is -3.33. The Morgan fingerprint density at radius 1 is 0.933 bits per heavy atom. The Bertz CT molecular complexity index is 920. The smallest absolute Gasteiger partial charge is 0.348 e. The van der Waals surface area contributed by atoms with E-state index in [0.717, 1.165) is 0 Å². The van der Waals surface area contributed by atoms with Crippen molar-refractivity contribution in [2.45, 2.75) is 24.9 Å². The highest BCUT2D eigenvalue weighted by Gasteiger charge is 2.49. The van der Waals surface area contributed by atoms with Crippen molar-refractivity contribution in [3.63, 3.8) is 0 Å². The lowest BCUT2D eigenvalue weighted by Crippen LogP contribution is -2.50. The predicted octanol–water partition coefficient (Wildman–Crippen LogP) is 1.88. The van der Waals surface area contributed by atoms with Crippen LogP contribution in [0, 0.1) is 0 Å². The Morgan fingerprint density at radius 3 is 1.77 bits per heavy atom. The zero-order chi connectivity index (χ0) is 21.6. The summed E-state index contributed by atoms with van der Waals surface area (Å²) in [7, 11) is 1.41. The summed E-state index contributed by atoms with van der Waals surface area (Å²) in [5, 5.41) is 29.0. The lowest BCUT2D eigenvalue weighted by Gasteiger charge is -2.37. The molecule has 1 unspecified atom stereocenters. The average molecular weight is 410 g/mol. The minimum absolute atomic E-state index is 0.190. The van der Waals surface area contributed by atoms with Gasteiger partial charge in [0.1, 0.15) is 0 Å². The molecule has 0 radical (unpaired) electrons. The second kappa shape index (κ2) is 9.45. The molecule has 3 rings (SSSR count). The molecule has 0 aliphatic heterocycles. The molecule has 1 atom stereocenters. The summed E-state index contributed by atoms with van der Waals surface area (Å²) >= 11 is 0. The third-order valence-electron chi connectivity index (χ3n) is 4.68. The zero-order valence-corrected chi connectivity index (χ0v) is 16.3. The molecule has 3 aromatic rings. The fourth-order valence-corrected chi connectivity index (χ4v) is 3.34. The fourth-order valence-electron chi connectivity index (χ4n) is 3.34. The highest BCUT2D eigenvalue weighted by Crippen LogP contribution is 2.38. The predicted molar refractivity (Wildman–Crippen MR) is 107 cm³/mol. The molecule has 30 heavy (non-hydrogen) atoms. The number of hydrogen-bond acceptors (Lipinski definition) is 7. The van der Waals surface area contributed by atoms with Crippen LogP contribution in [0.2, 0.25) is 0 Å². The lowest BCUT2D eigenvalue weighted by atomic mass is 9.81. The molecular formula is C22H22N2O6. The van der Waals surface area contributed by atoms with Gasteiger partial charge in [-0.3, -0.25) is 0 Å². The van der Waals surface area contributed by atoms with Gasteiger partial charge in [-0.05, 0) is 17.2 Å². The minimum atomic E-state index is -1.58. The summed E-state index contributed by atoms with van der Waals surface area (Å²) < 4.78 is 11.6. The summed E-state index contributed by atoms with van der Waals surface area (Å²) in [5.41, 5.74) is -0.0170. The number of carbonyl (C=O) groups is 1. The first-order chi connectivity index (χ1) is 14.5. The quantitative estimate of drug-likeness (QED) is 0.489. The summed E-state index contributed by atoms with van der Waals surface area (Å²) in [4.78, 5) is 20.5. The first kappa shape index (κ1) is 21.4. The molecule has 3 N–H and O–H groups in total. The van der Waals surface area contributed by atoms with Crippen LogP contribution in [0.4, 0.5) is 0 Å². The van der Waals surface area contributed by atoms with E-state index in [-0.39, 0.29) is 17.4 Å². The van der Waals surface area contributed by atoms with E-state index in [1.807, 2.05) is 12.1 Å². The van der Waals surface area contributed by atoms with Crippen LogP contribution in [0.1, 0.15) is 22.5 Å². The Kier molecular flexibility index (Phi) is 6.73. The number of aliphatic carboxylic acids is 1. The molecule has 156 valence electrons. The number of aliphatic hydroxyl groups excluding tert-OH is 2. The highest BCUT2D eigenvalue weighted by molar-refractivity contribution is 5.76. The Morgan fingerprint density at radius 2 is 1.40 bits per heavy atom. The second-order valence-electron chi connectivity index (χ2n) is 6.46. The van der Waals surface area contributed by atoms with Gasteiger partial charge in [-0.25, -0.2) is 4.79 Å². The molecule has 2 aromatic carbocycles. The molecule has 1 aromatic heterocycles. The van der Waals surface area contributed by atoms with Crippen LogP contribution in [-0.4, -0.2) is 44.5 Å². The number of carboxylic acids is 1. The number of hydrogen-bond donors (Lipinski definition) is 3. The minimum Gasteiger partial charge on any atom is -0.478 e. The van der Waals surface area contributed by atoms with Crippen LogP contribution in [0.5, 0.6) is 6.01 Å². The number of aromatic nitrogens is 2. The highest BCUT2D eigenvalue weighted by atomic mass is 16.6. The molecule has 0 bridgehead atoms. The van der Waals surface area contributed by atoms with Gasteiger partial charge in [0.2, 0.25) is 6.10 Å². The van der Waals surface area contributed by atoms with E-state index in [0.29, 0.717) is 11.1 Å². The van der Waals surface area contributed by atoms with Gasteiger partial charge in [0.25, 0.3) is 0 Å². The van der Waals surface area contributed by atoms with E-state index in [1.54, 1.807) is 48.5 Å². The van der Waals surface area contributed by atoms with E-state index in [9.17, 15) is 20.1 Å². The number of nitrogens with zero attached hydrogens (tertiary/aromatic N) is 2. The SMILES string of the molecule is COC(c1ccccc1)(c1ccccc1)C(Oc1nc(CO)cc(CO)n1)C(=O)O. The van der Waals surface area contributed by atoms with Crippen LogP contribution >= 0.6 is 0 Å². The van der Waals surface area contributed by atoms with E-state index >= 15 is 0 Å². The molecule has 0 saturated carbocycles. The summed E-state index contributed by atoms with van der Waals surface area (Å²) in [6, 6.07) is 18.8. The van der Waals surface area contributed by atoms with Gasteiger partial charge in [-0.1, -0.05) is 60.7 Å². The number of aliphatic hydroxyl groups is 2. The lowest BCUT2D eigenvalue weighted by molar-refractivity contribution is -0.160. The van der Waals surface area contributed by atoms with Gasteiger partial charge in [-0.2, -0.15) is 9.97 Å². The normalized spacial score (nSPS) is 12.4. The average Bonchev–Trinajstić information content (AvgIpc) is 2.80. The Labute approximate surface area is 173 Å². The maximum absolute atomic E-state index is 12.4. The molecule has 0 saturated heterocycles. The van der Waals surface area contributed by atoms with Gasteiger partial charge >= 0.3 is 12.0 Å². The van der Waals surface area contributed by atoms with Crippen molar-refractivity contribution in [1.29, 1.82) is 0 Å². The van der Waals surface area contributed by atoms with Crippen LogP contribution in [0.25, 0.3) is 0 Å². The van der Waals surface area contributed by atoms with Crippen molar-refractivity contribution in [2.24, 2.45) is 0 Å². The van der Waals surface area contributed by atoms with E-state index in [4.69, 9.17) is 9.47 Å². The molecular weight excluding hydrogens is 388 g/mol. The zero-order valence-electron chi connectivity index (χ0n) is 16.3. The molecule has 0 fully saturated rings. The topological polar surface area (TPSA) is 122 Å². The first-order valence-electron chi connectivity index (χ1n) is 9.19. The molecule has 0 spiro atoms. The van der Waals surface area contributed by atoms with Crippen molar-refractivity contribution in [3.05, 3.63) is 89.2 Å². The van der Waals surface area contributed by atoms with Crippen LogP contribution in [-0.2, 0) is 28.3 Å². The van der Waals surface area contributed by atoms with E-state index in [1.165, 1.54) is 13.2 Å². The van der Waals surface area contributed by atoms with Crippen molar-refractivity contribution in [3.8, 4) is 6.01 Å².